The minimum absolute atomic E-state index is 0. The van der Waals surface area contributed by atoms with Crippen molar-refractivity contribution in [3.63, 3.8) is 0 Å². The Kier molecular flexibility index (Phi) is 7.18. The number of benzene rings is 2. The summed E-state index contributed by atoms with van der Waals surface area (Å²) in [5.41, 5.74) is 8.89. The average Bonchev–Trinajstić information content (AvgIpc) is 3.05. The van der Waals surface area contributed by atoms with Gasteiger partial charge in [0.1, 0.15) is 6.04 Å². The number of amides is 2. The molecule has 5 nitrogen and oxygen atoms in total. The zero-order valence-electron chi connectivity index (χ0n) is 14.6. The Hall–Kier alpha value is -2.37. The van der Waals surface area contributed by atoms with Crippen LogP contribution in [0.1, 0.15) is 35.6 Å². The van der Waals surface area contributed by atoms with Crippen LogP contribution in [0.4, 0.5) is 0 Å². The van der Waals surface area contributed by atoms with Crippen molar-refractivity contribution in [2.75, 3.05) is 6.54 Å². The first kappa shape index (κ1) is 19.9. The van der Waals surface area contributed by atoms with Crippen molar-refractivity contribution in [3.05, 3.63) is 71.3 Å². The fourth-order valence-corrected chi connectivity index (χ4v) is 3.07. The van der Waals surface area contributed by atoms with Gasteiger partial charge in [0.25, 0.3) is 0 Å². The third kappa shape index (κ3) is 4.84. The Morgan fingerprint density at radius 1 is 1.08 bits per heavy atom. The molecule has 1 aliphatic rings. The second kappa shape index (κ2) is 9.36. The van der Waals surface area contributed by atoms with Gasteiger partial charge >= 0.3 is 0 Å². The number of nitrogens with two attached hydrogens (primary N) is 1. The molecule has 6 heteroatoms. The summed E-state index contributed by atoms with van der Waals surface area (Å²) in [4.78, 5) is 26.0. The van der Waals surface area contributed by atoms with Crippen molar-refractivity contribution < 1.29 is 9.59 Å². The molecule has 138 valence electrons. The van der Waals surface area contributed by atoms with Gasteiger partial charge < -0.3 is 16.0 Å². The Morgan fingerprint density at radius 3 is 2.38 bits per heavy atom. The molecule has 0 saturated carbocycles. The molecule has 1 atom stereocenters. The van der Waals surface area contributed by atoms with Crippen molar-refractivity contribution in [2.24, 2.45) is 5.73 Å². The Bertz CT molecular complexity index is 752. The van der Waals surface area contributed by atoms with Crippen LogP contribution in [-0.4, -0.2) is 23.3 Å². The van der Waals surface area contributed by atoms with Gasteiger partial charge in [-0.05, 0) is 23.1 Å². The lowest BCUT2D eigenvalue weighted by molar-refractivity contribution is -0.128. The summed E-state index contributed by atoms with van der Waals surface area (Å²) in [7, 11) is 0. The monoisotopic (exact) mass is 373 g/mol. The third-order valence-electron chi connectivity index (χ3n) is 4.55. The summed E-state index contributed by atoms with van der Waals surface area (Å²) in [6.07, 6.45) is 1.55. The van der Waals surface area contributed by atoms with Crippen molar-refractivity contribution in [3.8, 4) is 0 Å². The first-order valence-corrected chi connectivity index (χ1v) is 8.58. The van der Waals surface area contributed by atoms with Gasteiger partial charge in [-0.1, -0.05) is 54.6 Å². The van der Waals surface area contributed by atoms with E-state index in [2.05, 4.69) is 5.32 Å². The topological polar surface area (TPSA) is 75.4 Å². The lowest BCUT2D eigenvalue weighted by Gasteiger charge is -2.19. The van der Waals surface area contributed by atoms with Gasteiger partial charge in [-0.15, -0.1) is 12.4 Å². The number of halogens is 1. The zero-order valence-corrected chi connectivity index (χ0v) is 15.4. The molecule has 0 spiro atoms. The number of rotatable bonds is 6. The van der Waals surface area contributed by atoms with Crippen LogP contribution in [0.2, 0.25) is 0 Å². The van der Waals surface area contributed by atoms with Crippen molar-refractivity contribution in [2.45, 2.75) is 32.0 Å². The summed E-state index contributed by atoms with van der Waals surface area (Å²) in [6, 6.07) is 16.5. The summed E-state index contributed by atoms with van der Waals surface area (Å²) >= 11 is 0. The lowest BCUT2D eigenvalue weighted by Crippen LogP contribution is -2.34. The third-order valence-corrected chi connectivity index (χ3v) is 4.55. The fourth-order valence-electron chi connectivity index (χ4n) is 3.07. The van der Waals surface area contributed by atoms with E-state index >= 15 is 0 Å². The number of hydrogen-bond donors (Lipinski definition) is 2. The molecule has 26 heavy (non-hydrogen) atoms. The number of carbonyl (C=O) groups is 2. The van der Waals surface area contributed by atoms with E-state index in [9.17, 15) is 9.59 Å². The molecule has 1 heterocycles. The predicted molar refractivity (Wildman–Crippen MR) is 104 cm³/mol. The SMILES string of the molecule is Cl.NC(C(=O)NCc1ccccc1CN1CCCC1=O)c1ccccc1. The van der Waals surface area contributed by atoms with E-state index in [1.807, 2.05) is 59.5 Å². The van der Waals surface area contributed by atoms with Gasteiger partial charge in [0, 0.05) is 26.1 Å². The van der Waals surface area contributed by atoms with Gasteiger partial charge in [0.15, 0.2) is 0 Å². The summed E-state index contributed by atoms with van der Waals surface area (Å²) in [6.45, 7) is 1.80. The van der Waals surface area contributed by atoms with Gasteiger partial charge in [-0.2, -0.15) is 0 Å². The van der Waals surface area contributed by atoms with Crippen LogP contribution >= 0.6 is 12.4 Å². The number of hydrogen-bond acceptors (Lipinski definition) is 3. The highest BCUT2D eigenvalue weighted by molar-refractivity contribution is 5.85. The second-order valence-electron chi connectivity index (χ2n) is 6.29. The molecule has 3 rings (SSSR count). The van der Waals surface area contributed by atoms with E-state index < -0.39 is 6.04 Å². The van der Waals surface area contributed by atoms with Crippen LogP contribution in [0, 0.1) is 0 Å². The number of likely N-dealkylation sites (tertiary alicyclic amines) is 1. The Labute approximate surface area is 160 Å². The maximum atomic E-state index is 12.3. The maximum absolute atomic E-state index is 12.3. The highest BCUT2D eigenvalue weighted by Crippen LogP contribution is 2.17. The summed E-state index contributed by atoms with van der Waals surface area (Å²) < 4.78 is 0. The smallest absolute Gasteiger partial charge is 0.241 e. The van der Waals surface area contributed by atoms with Crippen LogP contribution in [-0.2, 0) is 22.7 Å². The molecule has 1 aliphatic heterocycles. The van der Waals surface area contributed by atoms with Crippen molar-refractivity contribution in [1.29, 1.82) is 0 Å². The minimum Gasteiger partial charge on any atom is -0.350 e. The molecular weight excluding hydrogens is 350 g/mol. The number of nitrogens with one attached hydrogen (secondary N) is 1. The zero-order chi connectivity index (χ0) is 17.6. The molecule has 2 aromatic rings. The molecule has 0 aromatic heterocycles. The van der Waals surface area contributed by atoms with E-state index in [4.69, 9.17) is 5.73 Å². The molecule has 0 aliphatic carbocycles. The van der Waals surface area contributed by atoms with Crippen LogP contribution in [0.5, 0.6) is 0 Å². The van der Waals surface area contributed by atoms with Crippen LogP contribution in [0.15, 0.2) is 54.6 Å². The van der Waals surface area contributed by atoms with Gasteiger partial charge in [0.05, 0.1) is 0 Å². The Morgan fingerprint density at radius 2 is 1.73 bits per heavy atom. The largest absolute Gasteiger partial charge is 0.350 e. The van der Waals surface area contributed by atoms with E-state index in [0.29, 0.717) is 19.5 Å². The fraction of sp³-hybridized carbons (Fsp3) is 0.300. The first-order valence-electron chi connectivity index (χ1n) is 8.58. The van der Waals surface area contributed by atoms with E-state index in [0.717, 1.165) is 29.7 Å². The molecular formula is C20H24ClN3O2. The van der Waals surface area contributed by atoms with E-state index in [-0.39, 0.29) is 24.2 Å². The molecule has 3 N–H and O–H groups in total. The molecule has 1 fully saturated rings. The second-order valence-corrected chi connectivity index (χ2v) is 6.29. The highest BCUT2D eigenvalue weighted by Gasteiger charge is 2.21. The average molecular weight is 374 g/mol. The predicted octanol–water partition coefficient (Wildman–Crippen LogP) is 2.55. The first-order chi connectivity index (χ1) is 12.1. The quantitative estimate of drug-likeness (QED) is 0.817. The molecule has 1 unspecified atom stereocenters. The van der Waals surface area contributed by atoms with E-state index in [1.165, 1.54) is 0 Å². The maximum Gasteiger partial charge on any atom is 0.241 e. The minimum atomic E-state index is -0.687. The van der Waals surface area contributed by atoms with Gasteiger partial charge in [-0.3, -0.25) is 9.59 Å². The van der Waals surface area contributed by atoms with Gasteiger partial charge in [-0.25, -0.2) is 0 Å². The summed E-state index contributed by atoms with van der Waals surface area (Å²) in [5, 5.41) is 2.91. The van der Waals surface area contributed by atoms with E-state index in [1.54, 1.807) is 0 Å². The summed E-state index contributed by atoms with van der Waals surface area (Å²) in [5.74, 6) is -0.0109. The van der Waals surface area contributed by atoms with Gasteiger partial charge in [0.2, 0.25) is 11.8 Å². The molecule has 2 amide bonds. The molecule has 1 saturated heterocycles. The molecule has 2 aromatic carbocycles. The van der Waals surface area contributed by atoms with Crippen LogP contribution < -0.4 is 11.1 Å². The van der Waals surface area contributed by atoms with Crippen LogP contribution in [0.25, 0.3) is 0 Å². The lowest BCUT2D eigenvalue weighted by atomic mass is 10.1. The van der Waals surface area contributed by atoms with Crippen LogP contribution in [0.3, 0.4) is 0 Å². The number of nitrogens with zero attached hydrogens (tertiary/aromatic N) is 1. The standard InChI is InChI=1S/C20H23N3O2.ClH/c21-19(15-7-2-1-3-8-15)20(25)22-13-16-9-4-5-10-17(16)14-23-12-6-11-18(23)24;/h1-5,7-10,19H,6,11-14,21H2,(H,22,25);1H. The number of carbonyl (C=O) groups excluding carboxylic acids is 2. The van der Waals surface area contributed by atoms with Crippen molar-refractivity contribution in [1.82, 2.24) is 10.2 Å². The molecule has 0 bridgehead atoms. The van der Waals surface area contributed by atoms with Crippen molar-refractivity contribution >= 4 is 24.2 Å². The Balaban J connectivity index is 0.00000243. The normalized spacial score (nSPS) is 14.7. The highest BCUT2D eigenvalue weighted by atomic mass is 35.5. The molecule has 0 radical (unpaired) electrons.